The number of carbonyl (C=O) groups excluding carboxylic acids is 1. The van der Waals surface area contributed by atoms with Gasteiger partial charge in [0.1, 0.15) is 0 Å². The highest BCUT2D eigenvalue weighted by molar-refractivity contribution is 7.89. The number of rotatable bonds is 4. The van der Waals surface area contributed by atoms with E-state index in [0.717, 1.165) is 20.8 Å². The van der Waals surface area contributed by atoms with Crippen LogP contribution in [-0.2, 0) is 10.0 Å². The molecule has 7 nitrogen and oxygen atoms in total. The number of carbonyl (C=O) groups is 1. The van der Waals surface area contributed by atoms with Gasteiger partial charge < -0.3 is 5.32 Å². The number of nitrogens with one attached hydrogen (secondary N) is 2. The number of fused-ring (bicyclic) bond motifs is 1. The summed E-state index contributed by atoms with van der Waals surface area (Å²) >= 11 is 0. The van der Waals surface area contributed by atoms with E-state index in [0.29, 0.717) is 16.8 Å². The molecule has 0 aliphatic rings. The van der Waals surface area contributed by atoms with Crippen LogP contribution >= 0.6 is 0 Å². The molecule has 0 aliphatic carbocycles. The second-order valence-electron chi connectivity index (χ2n) is 6.33. The number of aromatic nitrogens is 2. The summed E-state index contributed by atoms with van der Waals surface area (Å²) in [4.78, 5) is 12.8. The molecule has 0 saturated carbocycles. The molecule has 0 aliphatic heterocycles. The molecule has 0 atom stereocenters. The maximum absolute atomic E-state index is 12.7. The van der Waals surface area contributed by atoms with E-state index in [2.05, 4.69) is 15.5 Å². The van der Waals surface area contributed by atoms with Crippen LogP contribution in [0.2, 0.25) is 0 Å². The van der Waals surface area contributed by atoms with Gasteiger partial charge in [0.15, 0.2) is 0 Å². The molecule has 0 spiro atoms. The van der Waals surface area contributed by atoms with Gasteiger partial charge in [0.25, 0.3) is 5.91 Å². The van der Waals surface area contributed by atoms with E-state index in [1.165, 1.54) is 20.2 Å². The number of amides is 1. The molecule has 0 saturated heterocycles. The molecule has 0 fully saturated rings. The van der Waals surface area contributed by atoms with Gasteiger partial charge in [0, 0.05) is 30.7 Å². The molecule has 1 aromatic heterocycles. The maximum atomic E-state index is 12.7. The summed E-state index contributed by atoms with van der Waals surface area (Å²) in [6.07, 6.45) is 1.67. The van der Waals surface area contributed by atoms with Gasteiger partial charge in [-0.25, -0.2) is 12.7 Å². The molecule has 2 N–H and O–H groups in total. The van der Waals surface area contributed by atoms with Crippen LogP contribution in [-0.4, -0.2) is 42.9 Å². The first-order chi connectivity index (χ1) is 12.2. The van der Waals surface area contributed by atoms with E-state index in [1.807, 2.05) is 6.07 Å². The second kappa shape index (κ2) is 6.54. The van der Waals surface area contributed by atoms with Gasteiger partial charge in [0.2, 0.25) is 10.0 Å². The van der Waals surface area contributed by atoms with E-state index < -0.39 is 10.0 Å². The molecule has 136 valence electrons. The minimum absolute atomic E-state index is 0.137. The van der Waals surface area contributed by atoms with E-state index in [-0.39, 0.29) is 10.8 Å². The first-order valence-electron chi connectivity index (χ1n) is 7.98. The lowest BCUT2D eigenvalue weighted by Crippen LogP contribution is -2.24. The lowest BCUT2D eigenvalue weighted by molar-refractivity contribution is 0.102. The van der Waals surface area contributed by atoms with Crippen LogP contribution in [0.5, 0.6) is 0 Å². The molecule has 0 unspecified atom stereocenters. The maximum Gasteiger partial charge on any atom is 0.255 e. The number of aryl methyl sites for hydroxylation is 1. The quantitative estimate of drug-likeness (QED) is 0.736. The average molecular weight is 372 g/mol. The first-order valence-corrected chi connectivity index (χ1v) is 9.42. The van der Waals surface area contributed by atoms with Gasteiger partial charge >= 0.3 is 0 Å². The molecule has 8 heteroatoms. The number of sulfonamides is 1. The number of anilines is 1. The van der Waals surface area contributed by atoms with Crippen molar-refractivity contribution in [1.29, 1.82) is 0 Å². The van der Waals surface area contributed by atoms with Crippen molar-refractivity contribution in [3.8, 4) is 0 Å². The number of benzene rings is 2. The lowest BCUT2D eigenvalue weighted by Gasteiger charge is -2.16. The van der Waals surface area contributed by atoms with Crippen LogP contribution in [0, 0.1) is 13.8 Å². The third kappa shape index (κ3) is 3.21. The van der Waals surface area contributed by atoms with Crippen molar-refractivity contribution >= 4 is 32.5 Å². The van der Waals surface area contributed by atoms with Gasteiger partial charge in [-0.15, -0.1) is 0 Å². The second-order valence-corrected chi connectivity index (χ2v) is 8.45. The summed E-state index contributed by atoms with van der Waals surface area (Å²) in [5, 5.41) is 10.5. The van der Waals surface area contributed by atoms with Crippen molar-refractivity contribution in [2.45, 2.75) is 18.7 Å². The van der Waals surface area contributed by atoms with Crippen molar-refractivity contribution < 1.29 is 13.2 Å². The van der Waals surface area contributed by atoms with Gasteiger partial charge in [-0.1, -0.05) is 0 Å². The van der Waals surface area contributed by atoms with Crippen LogP contribution < -0.4 is 5.32 Å². The zero-order valence-electron chi connectivity index (χ0n) is 15.0. The molecule has 3 rings (SSSR count). The minimum atomic E-state index is -3.64. The van der Waals surface area contributed by atoms with Crippen LogP contribution in [0.25, 0.3) is 10.9 Å². The minimum Gasteiger partial charge on any atom is -0.322 e. The fraction of sp³-hybridized carbons (Fsp3) is 0.222. The monoisotopic (exact) mass is 372 g/mol. The largest absolute Gasteiger partial charge is 0.322 e. The van der Waals surface area contributed by atoms with Gasteiger partial charge in [0.05, 0.1) is 16.6 Å². The molecule has 3 aromatic rings. The van der Waals surface area contributed by atoms with Crippen LogP contribution in [0.15, 0.2) is 41.4 Å². The lowest BCUT2D eigenvalue weighted by atomic mass is 10.1. The Morgan fingerprint density at radius 1 is 1.15 bits per heavy atom. The Morgan fingerprint density at radius 3 is 2.58 bits per heavy atom. The van der Waals surface area contributed by atoms with E-state index in [9.17, 15) is 13.2 Å². The number of hydrogen-bond donors (Lipinski definition) is 2. The molecule has 0 bridgehead atoms. The number of H-pyrrole nitrogens is 1. The summed E-state index contributed by atoms with van der Waals surface area (Å²) < 4.78 is 26.2. The Morgan fingerprint density at radius 2 is 1.88 bits per heavy atom. The van der Waals surface area contributed by atoms with Crippen molar-refractivity contribution in [3.63, 3.8) is 0 Å². The first kappa shape index (κ1) is 18.1. The Kier molecular flexibility index (Phi) is 4.55. The summed E-state index contributed by atoms with van der Waals surface area (Å²) in [5.41, 5.74) is 3.15. The van der Waals surface area contributed by atoms with Crippen molar-refractivity contribution in [3.05, 3.63) is 53.2 Å². The Balaban J connectivity index is 1.98. The topological polar surface area (TPSA) is 95.2 Å². The van der Waals surface area contributed by atoms with Gasteiger partial charge in [-0.3, -0.25) is 9.89 Å². The zero-order valence-corrected chi connectivity index (χ0v) is 15.8. The van der Waals surface area contributed by atoms with Crippen LogP contribution in [0.1, 0.15) is 21.5 Å². The SMILES string of the molecule is Cc1cc(C(=O)Nc2ccc3[nH]ncc3c2)cc(S(=O)(=O)N(C)C)c1C. The van der Waals surface area contributed by atoms with Crippen LogP contribution in [0.4, 0.5) is 5.69 Å². The Hall–Kier alpha value is -2.71. The van der Waals surface area contributed by atoms with E-state index in [1.54, 1.807) is 38.2 Å². The van der Waals surface area contributed by atoms with Gasteiger partial charge in [-0.05, 0) is 55.3 Å². The van der Waals surface area contributed by atoms with Crippen LogP contribution in [0.3, 0.4) is 0 Å². The van der Waals surface area contributed by atoms with E-state index >= 15 is 0 Å². The molecular formula is C18H20N4O3S. The zero-order chi connectivity index (χ0) is 19.1. The number of hydrogen-bond acceptors (Lipinski definition) is 4. The fourth-order valence-corrected chi connectivity index (χ4v) is 3.86. The summed E-state index contributed by atoms with van der Waals surface area (Å²) in [7, 11) is -0.701. The van der Waals surface area contributed by atoms with Gasteiger partial charge in [-0.2, -0.15) is 5.10 Å². The smallest absolute Gasteiger partial charge is 0.255 e. The number of aromatic amines is 1. The summed E-state index contributed by atoms with van der Waals surface area (Å²) in [6.45, 7) is 3.53. The van der Waals surface area contributed by atoms with E-state index in [4.69, 9.17) is 0 Å². The van der Waals surface area contributed by atoms with Crippen molar-refractivity contribution in [1.82, 2.24) is 14.5 Å². The Labute approximate surface area is 152 Å². The highest BCUT2D eigenvalue weighted by Gasteiger charge is 2.23. The molecule has 2 aromatic carbocycles. The summed E-state index contributed by atoms with van der Waals surface area (Å²) in [5.74, 6) is -0.369. The number of nitrogens with zero attached hydrogens (tertiary/aromatic N) is 2. The highest BCUT2D eigenvalue weighted by Crippen LogP contribution is 2.24. The predicted octanol–water partition coefficient (Wildman–Crippen LogP) is 2.68. The molecular weight excluding hydrogens is 352 g/mol. The highest BCUT2D eigenvalue weighted by atomic mass is 32.2. The van der Waals surface area contributed by atoms with Crippen molar-refractivity contribution in [2.24, 2.45) is 0 Å². The van der Waals surface area contributed by atoms with Crippen molar-refractivity contribution in [2.75, 3.05) is 19.4 Å². The molecule has 1 heterocycles. The Bertz CT molecular complexity index is 1100. The third-order valence-electron chi connectivity index (χ3n) is 4.34. The standard InChI is InChI=1S/C18H20N4O3S/c1-11-7-13(9-17(12(11)2)26(24,25)22(3)4)18(23)20-15-5-6-16-14(8-15)10-19-21-16/h5-10H,1-4H3,(H,19,21)(H,20,23). The predicted molar refractivity (Wildman–Crippen MR) is 101 cm³/mol. The summed E-state index contributed by atoms with van der Waals surface area (Å²) in [6, 6.07) is 8.49. The average Bonchev–Trinajstić information content (AvgIpc) is 3.04. The third-order valence-corrected chi connectivity index (χ3v) is 6.28. The molecule has 0 radical (unpaired) electrons. The normalized spacial score (nSPS) is 11.9. The fourth-order valence-electron chi connectivity index (χ4n) is 2.65. The molecule has 26 heavy (non-hydrogen) atoms. The molecule has 1 amide bonds.